The first kappa shape index (κ1) is 15.8. The molecule has 1 heterocycles. The number of likely N-dealkylation sites (N-methyl/N-ethyl adjacent to an activating group) is 1. The molecule has 0 aliphatic rings. The Morgan fingerprint density at radius 1 is 1.27 bits per heavy atom. The molecule has 6 heteroatoms. The highest BCUT2D eigenvalue weighted by molar-refractivity contribution is 5.88. The van der Waals surface area contributed by atoms with Crippen molar-refractivity contribution in [1.29, 1.82) is 0 Å². The van der Waals surface area contributed by atoms with E-state index in [1.807, 2.05) is 36.5 Å². The molecule has 116 valence electrons. The first-order valence-electron chi connectivity index (χ1n) is 7.24. The van der Waals surface area contributed by atoms with E-state index >= 15 is 0 Å². The molecular formula is C16H20N4O2. The predicted molar refractivity (Wildman–Crippen MR) is 82.9 cm³/mol. The third kappa shape index (κ3) is 4.44. The molecule has 0 saturated heterocycles. The minimum atomic E-state index is -0.660. The van der Waals surface area contributed by atoms with E-state index in [1.54, 1.807) is 13.2 Å². The molecule has 1 aromatic carbocycles. The molecule has 2 aromatic rings. The minimum absolute atomic E-state index is 0.138. The van der Waals surface area contributed by atoms with E-state index in [9.17, 15) is 9.59 Å². The van der Waals surface area contributed by atoms with E-state index in [1.165, 1.54) is 0 Å². The van der Waals surface area contributed by atoms with Gasteiger partial charge in [0, 0.05) is 19.7 Å². The van der Waals surface area contributed by atoms with E-state index < -0.39 is 6.04 Å². The maximum Gasteiger partial charge on any atom is 0.246 e. The van der Waals surface area contributed by atoms with Crippen LogP contribution >= 0.6 is 0 Å². The lowest BCUT2D eigenvalue weighted by molar-refractivity contribution is -0.128. The maximum absolute atomic E-state index is 12.1. The number of nitrogens with zero attached hydrogens (tertiary/aromatic N) is 1. The Balaban J connectivity index is 1.89. The predicted octanol–water partition coefficient (Wildman–Crippen LogP) is 1.34. The number of aromatic nitrogens is 2. The van der Waals surface area contributed by atoms with Crippen LogP contribution in [0.25, 0.3) is 0 Å². The first-order valence-corrected chi connectivity index (χ1v) is 7.24. The summed E-state index contributed by atoms with van der Waals surface area (Å²) in [6.45, 7) is 0. The molecule has 0 fully saturated rings. The van der Waals surface area contributed by atoms with Crippen LogP contribution in [0.4, 0.5) is 0 Å². The molecule has 0 saturated carbocycles. The van der Waals surface area contributed by atoms with Crippen molar-refractivity contribution < 1.29 is 9.59 Å². The van der Waals surface area contributed by atoms with Gasteiger partial charge in [-0.2, -0.15) is 5.10 Å². The van der Waals surface area contributed by atoms with Crippen LogP contribution in [0.3, 0.4) is 0 Å². The molecule has 22 heavy (non-hydrogen) atoms. The summed E-state index contributed by atoms with van der Waals surface area (Å²) in [6.07, 6.45) is 5.41. The Morgan fingerprint density at radius 2 is 2.05 bits per heavy atom. The second-order valence-electron chi connectivity index (χ2n) is 4.99. The topological polar surface area (TPSA) is 86.9 Å². The van der Waals surface area contributed by atoms with E-state index in [2.05, 4.69) is 20.8 Å². The number of aryl methyl sites for hydroxylation is 1. The number of H-pyrrole nitrogens is 1. The molecule has 2 amide bonds. The normalized spacial score (nSPS) is 11.7. The summed E-state index contributed by atoms with van der Waals surface area (Å²) < 4.78 is 0. The van der Waals surface area contributed by atoms with Gasteiger partial charge in [0.2, 0.25) is 11.8 Å². The summed E-state index contributed by atoms with van der Waals surface area (Å²) in [5, 5.41) is 12.0. The van der Waals surface area contributed by atoms with Crippen molar-refractivity contribution in [3.8, 4) is 0 Å². The van der Waals surface area contributed by atoms with Gasteiger partial charge in [0.15, 0.2) is 0 Å². The molecule has 0 aliphatic carbocycles. The Bertz CT molecular complexity index is 596. The molecule has 1 atom stereocenters. The van der Waals surface area contributed by atoms with Crippen LogP contribution < -0.4 is 10.6 Å². The van der Waals surface area contributed by atoms with Gasteiger partial charge in [-0.05, 0) is 24.0 Å². The molecule has 6 nitrogen and oxygen atoms in total. The number of carbonyl (C=O) groups is 2. The largest absolute Gasteiger partial charge is 0.357 e. The van der Waals surface area contributed by atoms with Crippen molar-refractivity contribution in [3.63, 3.8) is 0 Å². The maximum atomic E-state index is 12.1. The van der Waals surface area contributed by atoms with E-state index in [4.69, 9.17) is 0 Å². The van der Waals surface area contributed by atoms with E-state index in [0.717, 1.165) is 17.5 Å². The van der Waals surface area contributed by atoms with Crippen LogP contribution in [0.1, 0.15) is 30.0 Å². The Morgan fingerprint density at radius 3 is 2.68 bits per heavy atom. The van der Waals surface area contributed by atoms with Gasteiger partial charge >= 0.3 is 0 Å². The molecule has 1 aromatic heterocycles. The SMILES string of the molecule is CNC(=O)C(NC(=O)CCCc1cn[nH]c1)c1ccccc1. The fourth-order valence-electron chi connectivity index (χ4n) is 2.19. The molecule has 0 radical (unpaired) electrons. The second-order valence-corrected chi connectivity index (χ2v) is 4.99. The smallest absolute Gasteiger partial charge is 0.246 e. The van der Waals surface area contributed by atoms with Crippen molar-refractivity contribution in [3.05, 3.63) is 53.9 Å². The monoisotopic (exact) mass is 300 g/mol. The molecule has 0 spiro atoms. The standard InChI is InChI=1S/C16H20N4O2/c1-17-16(22)15(13-7-3-2-4-8-13)20-14(21)9-5-6-12-10-18-19-11-12/h2-4,7-8,10-11,15H,5-6,9H2,1H3,(H,17,22)(H,18,19)(H,20,21). The molecular weight excluding hydrogens is 280 g/mol. The van der Waals surface area contributed by atoms with Gasteiger partial charge in [-0.25, -0.2) is 0 Å². The van der Waals surface area contributed by atoms with Gasteiger partial charge < -0.3 is 10.6 Å². The summed E-state index contributed by atoms with van der Waals surface area (Å²) in [7, 11) is 1.56. The zero-order chi connectivity index (χ0) is 15.8. The molecule has 3 N–H and O–H groups in total. The fraction of sp³-hybridized carbons (Fsp3) is 0.312. The zero-order valence-electron chi connectivity index (χ0n) is 12.5. The van der Waals surface area contributed by atoms with Crippen molar-refractivity contribution in [1.82, 2.24) is 20.8 Å². The number of amides is 2. The summed E-state index contributed by atoms with van der Waals surface area (Å²) >= 11 is 0. The molecule has 0 aliphatic heterocycles. The van der Waals surface area contributed by atoms with Crippen molar-refractivity contribution >= 4 is 11.8 Å². The van der Waals surface area contributed by atoms with Crippen molar-refractivity contribution in [2.75, 3.05) is 7.05 Å². The summed E-state index contributed by atoms with van der Waals surface area (Å²) in [6, 6.07) is 8.55. The van der Waals surface area contributed by atoms with Gasteiger partial charge in [0.25, 0.3) is 0 Å². The lowest BCUT2D eigenvalue weighted by Gasteiger charge is -2.17. The van der Waals surface area contributed by atoms with Crippen LogP contribution in [0, 0.1) is 0 Å². The van der Waals surface area contributed by atoms with Gasteiger partial charge in [-0.3, -0.25) is 14.7 Å². The van der Waals surface area contributed by atoms with E-state index in [0.29, 0.717) is 12.8 Å². The van der Waals surface area contributed by atoms with Crippen LogP contribution in [-0.4, -0.2) is 29.1 Å². The van der Waals surface area contributed by atoms with Crippen LogP contribution in [0.15, 0.2) is 42.7 Å². The second kappa shape index (κ2) is 7.97. The number of carbonyl (C=O) groups excluding carboxylic acids is 2. The zero-order valence-corrected chi connectivity index (χ0v) is 12.5. The number of hydrogen-bond donors (Lipinski definition) is 3. The highest BCUT2D eigenvalue weighted by Gasteiger charge is 2.21. The van der Waals surface area contributed by atoms with Gasteiger partial charge in [-0.1, -0.05) is 30.3 Å². The van der Waals surface area contributed by atoms with Crippen molar-refractivity contribution in [2.24, 2.45) is 0 Å². The highest BCUT2D eigenvalue weighted by atomic mass is 16.2. The molecule has 2 rings (SSSR count). The van der Waals surface area contributed by atoms with Gasteiger partial charge in [0.1, 0.15) is 6.04 Å². The Kier molecular flexibility index (Phi) is 5.71. The summed E-state index contributed by atoms with van der Waals surface area (Å²) in [4.78, 5) is 24.0. The van der Waals surface area contributed by atoms with Crippen LogP contribution in [0.2, 0.25) is 0 Å². The quantitative estimate of drug-likeness (QED) is 0.721. The number of benzene rings is 1. The number of nitrogens with one attached hydrogen (secondary N) is 3. The van der Waals surface area contributed by atoms with Gasteiger partial charge in [-0.15, -0.1) is 0 Å². The van der Waals surface area contributed by atoms with E-state index in [-0.39, 0.29) is 11.8 Å². The number of hydrogen-bond acceptors (Lipinski definition) is 3. The third-order valence-corrected chi connectivity index (χ3v) is 3.37. The molecule has 1 unspecified atom stereocenters. The van der Waals surface area contributed by atoms with Gasteiger partial charge in [0.05, 0.1) is 6.20 Å². The third-order valence-electron chi connectivity index (χ3n) is 3.37. The summed E-state index contributed by atoms with van der Waals surface area (Å²) in [5.41, 5.74) is 1.84. The van der Waals surface area contributed by atoms with Crippen LogP contribution in [0.5, 0.6) is 0 Å². The Labute approximate surface area is 129 Å². The number of rotatable bonds is 7. The fourth-order valence-corrected chi connectivity index (χ4v) is 2.19. The first-order chi connectivity index (χ1) is 10.7. The number of aromatic amines is 1. The van der Waals surface area contributed by atoms with Crippen molar-refractivity contribution in [2.45, 2.75) is 25.3 Å². The highest BCUT2D eigenvalue weighted by Crippen LogP contribution is 2.13. The lowest BCUT2D eigenvalue weighted by atomic mass is 10.1. The minimum Gasteiger partial charge on any atom is -0.357 e. The average Bonchev–Trinajstić information content (AvgIpc) is 3.06. The molecule has 0 bridgehead atoms. The van der Waals surface area contributed by atoms with Crippen LogP contribution in [-0.2, 0) is 16.0 Å². The lowest BCUT2D eigenvalue weighted by Crippen LogP contribution is -2.39. The Hall–Kier alpha value is -2.63. The average molecular weight is 300 g/mol. The summed E-state index contributed by atoms with van der Waals surface area (Å²) in [5.74, 6) is -0.365.